The van der Waals surface area contributed by atoms with Gasteiger partial charge in [-0.25, -0.2) is 0 Å². The van der Waals surface area contributed by atoms with Gasteiger partial charge in [-0.3, -0.25) is 0 Å². The van der Waals surface area contributed by atoms with Crippen molar-refractivity contribution in [3.05, 3.63) is 46.2 Å². The number of rotatable bonds is 3. The quantitative estimate of drug-likeness (QED) is 0.830. The Bertz CT molecular complexity index is 428. The van der Waals surface area contributed by atoms with E-state index in [1.54, 1.807) is 11.3 Å². The first-order chi connectivity index (χ1) is 7.31. The lowest BCUT2D eigenvalue weighted by atomic mass is 10.1. The summed E-state index contributed by atoms with van der Waals surface area (Å²) in [5, 5.41) is 5.30. The average molecular weight is 217 g/mol. The highest BCUT2D eigenvalue weighted by atomic mass is 32.1. The van der Waals surface area contributed by atoms with Crippen molar-refractivity contribution in [1.29, 1.82) is 0 Å². The van der Waals surface area contributed by atoms with Crippen LogP contribution >= 0.6 is 11.3 Å². The molecule has 0 aliphatic heterocycles. The normalized spacial score (nSPS) is 10.5. The van der Waals surface area contributed by atoms with Gasteiger partial charge in [-0.05, 0) is 42.1 Å². The van der Waals surface area contributed by atoms with Crippen molar-refractivity contribution in [2.24, 2.45) is 0 Å². The monoisotopic (exact) mass is 217 g/mol. The number of hydrogen-bond donors (Lipinski definition) is 1. The minimum Gasteiger partial charge on any atom is -0.316 e. The van der Waals surface area contributed by atoms with Gasteiger partial charge in [0.05, 0.1) is 0 Å². The summed E-state index contributed by atoms with van der Waals surface area (Å²) < 4.78 is 0. The van der Waals surface area contributed by atoms with E-state index in [1.165, 1.54) is 21.6 Å². The number of hydrogen-bond acceptors (Lipinski definition) is 2. The Morgan fingerprint density at radius 2 is 1.87 bits per heavy atom. The van der Waals surface area contributed by atoms with Crippen LogP contribution in [0.2, 0.25) is 0 Å². The van der Waals surface area contributed by atoms with Gasteiger partial charge in [-0.2, -0.15) is 0 Å². The Morgan fingerprint density at radius 1 is 1.13 bits per heavy atom. The molecule has 0 radical (unpaired) electrons. The fourth-order valence-corrected chi connectivity index (χ4v) is 2.41. The third kappa shape index (κ3) is 2.28. The van der Waals surface area contributed by atoms with Crippen molar-refractivity contribution in [2.45, 2.75) is 13.5 Å². The standard InChI is InChI=1S/C13H15NS/c1-10-13(7-8-15-10)12-5-3-11(4-6-12)9-14-2/h3-8,14H,9H2,1-2H3. The summed E-state index contributed by atoms with van der Waals surface area (Å²) >= 11 is 1.80. The van der Waals surface area contributed by atoms with Crippen molar-refractivity contribution >= 4 is 11.3 Å². The van der Waals surface area contributed by atoms with Crippen LogP contribution in [0.1, 0.15) is 10.4 Å². The van der Waals surface area contributed by atoms with Gasteiger partial charge in [0.1, 0.15) is 0 Å². The summed E-state index contributed by atoms with van der Waals surface area (Å²) in [6.07, 6.45) is 0. The Kier molecular flexibility index (Phi) is 3.19. The summed E-state index contributed by atoms with van der Waals surface area (Å²) in [5.41, 5.74) is 4.00. The van der Waals surface area contributed by atoms with E-state index in [9.17, 15) is 0 Å². The van der Waals surface area contributed by atoms with Gasteiger partial charge in [-0.15, -0.1) is 11.3 Å². The van der Waals surface area contributed by atoms with Crippen molar-refractivity contribution in [2.75, 3.05) is 7.05 Å². The van der Waals surface area contributed by atoms with Crippen molar-refractivity contribution < 1.29 is 0 Å². The lowest BCUT2D eigenvalue weighted by molar-refractivity contribution is 0.818. The summed E-state index contributed by atoms with van der Waals surface area (Å²) in [6, 6.07) is 10.9. The zero-order valence-corrected chi connectivity index (χ0v) is 9.90. The van der Waals surface area contributed by atoms with Crippen LogP contribution in [0.4, 0.5) is 0 Å². The van der Waals surface area contributed by atoms with E-state index >= 15 is 0 Å². The lowest BCUT2D eigenvalue weighted by Crippen LogP contribution is -2.04. The number of aryl methyl sites for hydroxylation is 1. The van der Waals surface area contributed by atoms with Gasteiger partial charge in [0.2, 0.25) is 0 Å². The van der Waals surface area contributed by atoms with Gasteiger partial charge < -0.3 is 5.32 Å². The SMILES string of the molecule is CNCc1ccc(-c2ccsc2C)cc1. The highest BCUT2D eigenvalue weighted by molar-refractivity contribution is 7.10. The molecule has 15 heavy (non-hydrogen) atoms. The molecule has 1 aromatic heterocycles. The van der Waals surface area contributed by atoms with E-state index in [1.807, 2.05) is 7.05 Å². The van der Waals surface area contributed by atoms with Gasteiger partial charge in [0, 0.05) is 11.4 Å². The molecule has 0 saturated carbocycles. The Labute approximate surface area is 94.8 Å². The van der Waals surface area contributed by atoms with Crippen LogP contribution < -0.4 is 5.32 Å². The van der Waals surface area contributed by atoms with Crippen LogP contribution in [-0.2, 0) is 6.54 Å². The predicted molar refractivity (Wildman–Crippen MR) is 67.3 cm³/mol. The number of benzene rings is 1. The van der Waals surface area contributed by atoms with Crippen molar-refractivity contribution in [3.8, 4) is 11.1 Å². The van der Waals surface area contributed by atoms with E-state index in [-0.39, 0.29) is 0 Å². The molecule has 0 aliphatic carbocycles. The largest absolute Gasteiger partial charge is 0.316 e. The summed E-state index contributed by atoms with van der Waals surface area (Å²) in [4.78, 5) is 1.39. The Hall–Kier alpha value is -1.12. The second-order valence-electron chi connectivity index (χ2n) is 3.62. The number of thiophene rings is 1. The maximum absolute atomic E-state index is 3.15. The molecule has 1 nitrogen and oxygen atoms in total. The molecule has 2 rings (SSSR count). The van der Waals surface area contributed by atoms with E-state index in [0.29, 0.717) is 0 Å². The second kappa shape index (κ2) is 4.60. The Morgan fingerprint density at radius 3 is 2.40 bits per heavy atom. The molecule has 0 aliphatic rings. The molecule has 0 saturated heterocycles. The molecule has 1 heterocycles. The highest BCUT2D eigenvalue weighted by Crippen LogP contribution is 2.27. The highest BCUT2D eigenvalue weighted by Gasteiger charge is 2.02. The van der Waals surface area contributed by atoms with Gasteiger partial charge in [-0.1, -0.05) is 24.3 Å². The molecule has 0 bridgehead atoms. The second-order valence-corrected chi connectivity index (χ2v) is 4.74. The Balaban J connectivity index is 2.28. The van der Waals surface area contributed by atoms with E-state index < -0.39 is 0 Å². The molecule has 2 aromatic rings. The van der Waals surface area contributed by atoms with E-state index in [2.05, 4.69) is 48.0 Å². The van der Waals surface area contributed by atoms with Crippen LogP contribution in [-0.4, -0.2) is 7.05 Å². The van der Waals surface area contributed by atoms with E-state index in [0.717, 1.165) is 6.54 Å². The minimum absolute atomic E-state index is 0.933. The molecular weight excluding hydrogens is 202 g/mol. The van der Waals surface area contributed by atoms with Crippen LogP contribution in [0.5, 0.6) is 0 Å². The molecule has 1 N–H and O–H groups in total. The van der Waals surface area contributed by atoms with Crippen molar-refractivity contribution in [3.63, 3.8) is 0 Å². The first-order valence-corrected chi connectivity index (χ1v) is 5.97. The lowest BCUT2D eigenvalue weighted by Gasteiger charge is -2.03. The third-order valence-corrected chi connectivity index (χ3v) is 3.35. The maximum Gasteiger partial charge on any atom is 0.0202 e. The van der Waals surface area contributed by atoms with Gasteiger partial charge >= 0.3 is 0 Å². The molecular formula is C13H15NS. The fourth-order valence-electron chi connectivity index (χ4n) is 1.69. The molecule has 2 heteroatoms. The predicted octanol–water partition coefficient (Wildman–Crippen LogP) is 3.44. The topological polar surface area (TPSA) is 12.0 Å². The maximum atomic E-state index is 3.15. The molecule has 0 fully saturated rings. The molecule has 0 atom stereocenters. The summed E-state index contributed by atoms with van der Waals surface area (Å²) in [7, 11) is 1.97. The zero-order chi connectivity index (χ0) is 10.7. The summed E-state index contributed by atoms with van der Waals surface area (Å²) in [5.74, 6) is 0. The zero-order valence-electron chi connectivity index (χ0n) is 9.08. The van der Waals surface area contributed by atoms with Crippen LogP contribution in [0, 0.1) is 6.92 Å². The third-order valence-electron chi connectivity index (χ3n) is 2.50. The van der Waals surface area contributed by atoms with Crippen LogP contribution in [0.25, 0.3) is 11.1 Å². The molecule has 0 spiro atoms. The molecule has 78 valence electrons. The van der Waals surface area contributed by atoms with Gasteiger partial charge in [0.15, 0.2) is 0 Å². The molecule has 1 aromatic carbocycles. The molecule has 0 unspecified atom stereocenters. The van der Waals surface area contributed by atoms with Crippen LogP contribution in [0.15, 0.2) is 35.7 Å². The molecule has 0 amide bonds. The number of nitrogens with one attached hydrogen (secondary N) is 1. The van der Waals surface area contributed by atoms with Crippen molar-refractivity contribution in [1.82, 2.24) is 5.32 Å². The van der Waals surface area contributed by atoms with Crippen LogP contribution in [0.3, 0.4) is 0 Å². The smallest absolute Gasteiger partial charge is 0.0202 e. The summed E-state index contributed by atoms with van der Waals surface area (Å²) in [6.45, 7) is 3.10. The minimum atomic E-state index is 0.933. The fraction of sp³-hybridized carbons (Fsp3) is 0.231. The first kappa shape index (κ1) is 10.4. The average Bonchev–Trinajstić information content (AvgIpc) is 2.66. The van der Waals surface area contributed by atoms with E-state index in [4.69, 9.17) is 0 Å². The van der Waals surface area contributed by atoms with Gasteiger partial charge in [0.25, 0.3) is 0 Å². The first-order valence-electron chi connectivity index (χ1n) is 5.09.